The van der Waals surface area contributed by atoms with Gasteiger partial charge in [-0.15, -0.1) is 0 Å². The second kappa shape index (κ2) is 9.46. The number of halogens is 5. The zero-order valence-corrected chi connectivity index (χ0v) is 18.1. The lowest BCUT2D eigenvalue weighted by atomic mass is 10.1. The molecule has 1 saturated carbocycles. The smallest absolute Gasteiger partial charge is 0.365 e. The van der Waals surface area contributed by atoms with Crippen molar-refractivity contribution in [3.8, 4) is 0 Å². The first-order chi connectivity index (χ1) is 15.3. The fraction of sp³-hybridized carbons (Fsp3) is 0.333. The van der Waals surface area contributed by atoms with Gasteiger partial charge in [-0.25, -0.2) is 22.2 Å². The first-order valence-electron chi connectivity index (χ1n) is 9.79. The maximum absolute atomic E-state index is 13.9. The van der Waals surface area contributed by atoms with E-state index < -0.39 is 63.2 Å². The van der Waals surface area contributed by atoms with E-state index in [1.165, 1.54) is 6.08 Å². The molecule has 1 atom stereocenters. The van der Waals surface area contributed by atoms with Gasteiger partial charge >= 0.3 is 6.18 Å². The molecule has 0 saturated heterocycles. The van der Waals surface area contributed by atoms with Gasteiger partial charge in [0.2, 0.25) is 0 Å². The van der Waals surface area contributed by atoms with Crippen molar-refractivity contribution in [1.82, 2.24) is 10.3 Å². The van der Waals surface area contributed by atoms with Crippen molar-refractivity contribution in [2.75, 3.05) is 11.6 Å². The SMILES string of the molecule is CS(=O)(=O)/C=C/[C@@H](NC(=O)c1ccc(C(F)(F)F)nc1NCc1c(F)cccc1F)C1CC1. The molecule has 0 radical (unpaired) electrons. The predicted octanol–water partition coefficient (Wildman–Crippen LogP) is 4.06. The normalized spacial score (nSPS) is 15.5. The number of anilines is 1. The summed E-state index contributed by atoms with van der Waals surface area (Å²) in [5.41, 5.74) is -2.03. The summed E-state index contributed by atoms with van der Waals surface area (Å²) in [7, 11) is -3.46. The number of benzene rings is 1. The summed E-state index contributed by atoms with van der Waals surface area (Å²) in [6, 6.07) is 3.96. The lowest BCUT2D eigenvalue weighted by Gasteiger charge is -2.18. The van der Waals surface area contributed by atoms with Gasteiger partial charge in [0.05, 0.1) is 11.6 Å². The van der Waals surface area contributed by atoms with Crippen LogP contribution in [0.3, 0.4) is 0 Å². The first kappa shape index (κ1) is 24.6. The molecular formula is C21H20F5N3O3S. The van der Waals surface area contributed by atoms with E-state index in [9.17, 15) is 35.2 Å². The third-order valence-electron chi connectivity index (χ3n) is 4.89. The van der Waals surface area contributed by atoms with E-state index >= 15 is 0 Å². The minimum Gasteiger partial charge on any atom is -0.365 e. The van der Waals surface area contributed by atoms with Crippen LogP contribution in [-0.2, 0) is 22.6 Å². The number of hydrogen-bond acceptors (Lipinski definition) is 5. The summed E-state index contributed by atoms with van der Waals surface area (Å²) in [5, 5.41) is 5.95. The van der Waals surface area contributed by atoms with Gasteiger partial charge in [0, 0.05) is 23.8 Å². The van der Waals surface area contributed by atoms with Crippen molar-refractivity contribution in [2.45, 2.75) is 31.6 Å². The van der Waals surface area contributed by atoms with Crippen LogP contribution in [0.4, 0.5) is 27.8 Å². The minimum absolute atomic E-state index is 0.0155. The monoisotopic (exact) mass is 489 g/mol. The average Bonchev–Trinajstić information content (AvgIpc) is 3.54. The zero-order chi connectivity index (χ0) is 24.4. The summed E-state index contributed by atoms with van der Waals surface area (Å²) < 4.78 is 90.1. The standard InChI is InChI=1S/C21H20F5N3O3S/c1-33(31,32)10-9-17(12-5-6-12)28-20(30)13-7-8-18(21(24,25)26)29-19(13)27-11-14-15(22)3-2-4-16(14)23/h2-4,7-10,12,17H,5-6,11H2,1H3,(H,27,29)(H,28,30)/b10-9+/t17-/m1/s1. The number of amides is 1. The Labute approximate surface area is 186 Å². The number of carbonyl (C=O) groups excluding carboxylic acids is 1. The molecule has 1 aromatic carbocycles. The maximum Gasteiger partial charge on any atom is 0.433 e. The van der Waals surface area contributed by atoms with E-state index in [4.69, 9.17) is 0 Å². The molecule has 0 unspecified atom stereocenters. The van der Waals surface area contributed by atoms with Crippen molar-refractivity contribution in [1.29, 1.82) is 0 Å². The maximum atomic E-state index is 13.9. The fourth-order valence-corrected chi connectivity index (χ4v) is 3.50. The molecule has 0 bridgehead atoms. The zero-order valence-electron chi connectivity index (χ0n) is 17.3. The van der Waals surface area contributed by atoms with Crippen molar-refractivity contribution >= 4 is 21.6 Å². The highest BCUT2D eigenvalue weighted by molar-refractivity contribution is 7.93. The highest BCUT2D eigenvalue weighted by Crippen LogP contribution is 2.34. The predicted molar refractivity (Wildman–Crippen MR) is 111 cm³/mol. The van der Waals surface area contributed by atoms with Crippen LogP contribution in [0.1, 0.15) is 34.5 Å². The molecule has 1 aliphatic carbocycles. The Morgan fingerprint density at radius 2 is 1.82 bits per heavy atom. The van der Waals surface area contributed by atoms with E-state index in [2.05, 4.69) is 15.6 Å². The minimum atomic E-state index is -4.82. The number of aromatic nitrogens is 1. The Morgan fingerprint density at radius 1 is 1.18 bits per heavy atom. The quantitative estimate of drug-likeness (QED) is 0.546. The number of sulfone groups is 1. The molecule has 0 aliphatic heterocycles. The third kappa shape index (κ3) is 6.73. The van der Waals surface area contributed by atoms with Crippen molar-refractivity contribution in [3.05, 3.63) is 70.3 Å². The Bertz CT molecular complexity index is 1160. The molecule has 2 aromatic rings. The fourth-order valence-electron chi connectivity index (χ4n) is 3.04. The van der Waals surface area contributed by atoms with Crippen molar-refractivity contribution in [3.63, 3.8) is 0 Å². The Kier molecular flexibility index (Phi) is 7.06. The molecule has 33 heavy (non-hydrogen) atoms. The number of alkyl halides is 3. The van der Waals surface area contributed by atoms with Crippen molar-refractivity contribution < 1.29 is 35.2 Å². The van der Waals surface area contributed by atoms with Crippen LogP contribution < -0.4 is 10.6 Å². The first-order valence-corrected chi connectivity index (χ1v) is 11.7. The van der Waals surface area contributed by atoms with Crippen LogP contribution in [0.5, 0.6) is 0 Å². The average molecular weight is 489 g/mol. The van der Waals surface area contributed by atoms with E-state index in [-0.39, 0.29) is 11.5 Å². The molecule has 3 rings (SSSR count). The van der Waals surface area contributed by atoms with Gasteiger partial charge in [0.15, 0.2) is 9.84 Å². The largest absolute Gasteiger partial charge is 0.433 e. The molecule has 1 aliphatic rings. The topological polar surface area (TPSA) is 88.2 Å². The van der Waals surface area contributed by atoms with E-state index in [1.807, 2.05) is 0 Å². The second-order valence-electron chi connectivity index (χ2n) is 7.64. The van der Waals surface area contributed by atoms with Gasteiger partial charge in [-0.2, -0.15) is 13.2 Å². The molecule has 1 amide bonds. The highest BCUT2D eigenvalue weighted by atomic mass is 32.2. The molecule has 2 N–H and O–H groups in total. The molecule has 0 spiro atoms. The Hall–Kier alpha value is -3.02. The van der Waals surface area contributed by atoms with E-state index in [1.54, 1.807) is 0 Å². The lowest BCUT2D eigenvalue weighted by molar-refractivity contribution is -0.141. The van der Waals surface area contributed by atoms with E-state index in [0.717, 1.165) is 48.8 Å². The van der Waals surface area contributed by atoms with Crippen LogP contribution >= 0.6 is 0 Å². The van der Waals surface area contributed by atoms with Gasteiger partial charge in [0.1, 0.15) is 23.1 Å². The number of hydrogen-bond donors (Lipinski definition) is 2. The Morgan fingerprint density at radius 3 is 2.36 bits per heavy atom. The molecule has 12 heteroatoms. The summed E-state index contributed by atoms with van der Waals surface area (Å²) in [5.74, 6) is -3.19. The number of rotatable bonds is 8. The number of nitrogens with one attached hydrogen (secondary N) is 2. The lowest BCUT2D eigenvalue weighted by Crippen LogP contribution is -2.35. The summed E-state index contributed by atoms with van der Waals surface area (Å²) >= 11 is 0. The Balaban J connectivity index is 1.89. The third-order valence-corrected chi connectivity index (χ3v) is 5.54. The number of nitrogens with zero attached hydrogens (tertiary/aromatic N) is 1. The molecular weight excluding hydrogens is 469 g/mol. The van der Waals surface area contributed by atoms with Gasteiger partial charge in [-0.3, -0.25) is 4.79 Å². The number of carbonyl (C=O) groups is 1. The van der Waals surface area contributed by atoms with Crippen molar-refractivity contribution in [2.24, 2.45) is 5.92 Å². The summed E-state index contributed by atoms with van der Waals surface area (Å²) in [4.78, 5) is 16.3. The second-order valence-corrected chi connectivity index (χ2v) is 9.57. The van der Waals surface area contributed by atoms with Gasteiger partial charge in [0.25, 0.3) is 5.91 Å². The van der Waals surface area contributed by atoms with Crippen LogP contribution in [0.25, 0.3) is 0 Å². The van der Waals surface area contributed by atoms with Crippen LogP contribution in [0.2, 0.25) is 0 Å². The van der Waals surface area contributed by atoms with Crippen LogP contribution in [0.15, 0.2) is 41.8 Å². The van der Waals surface area contributed by atoms with E-state index in [0.29, 0.717) is 6.07 Å². The van der Waals surface area contributed by atoms with Crippen LogP contribution in [-0.4, -0.2) is 31.6 Å². The van der Waals surface area contributed by atoms with Gasteiger partial charge in [-0.1, -0.05) is 12.1 Å². The number of pyridine rings is 1. The molecule has 1 aromatic heterocycles. The molecule has 1 heterocycles. The molecule has 6 nitrogen and oxygen atoms in total. The highest BCUT2D eigenvalue weighted by Gasteiger charge is 2.35. The molecule has 178 valence electrons. The summed E-state index contributed by atoms with van der Waals surface area (Å²) in [6.07, 6.45) is -1.05. The van der Waals surface area contributed by atoms with Crippen LogP contribution in [0, 0.1) is 17.6 Å². The van der Waals surface area contributed by atoms with Gasteiger partial charge in [-0.05, 0) is 43.0 Å². The van der Waals surface area contributed by atoms with Gasteiger partial charge < -0.3 is 10.6 Å². The summed E-state index contributed by atoms with van der Waals surface area (Å²) in [6.45, 7) is -0.562. The molecule has 1 fully saturated rings.